The molecule has 1 saturated heterocycles. The van der Waals surface area contributed by atoms with E-state index in [-0.39, 0.29) is 23.8 Å². The molecule has 1 aliphatic rings. The second kappa shape index (κ2) is 7.93. The molecule has 0 unspecified atom stereocenters. The summed E-state index contributed by atoms with van der Waals surface area (Å²) < 4.78 is 38.4. The maximum atomic E-state index is 13.2. The Morgan fingerprint density at radius 1 is 1.26 bits per heavy atom. The molecule has 9 heteroatoms. The molecule has 8 nitrogen and oxygen atoms in total. The summed E-state index contributed by atoms with van der Waals surface area (Å²) in [5.74, 6) is 0.576. The zero-order valence-corrected chi connectivity index (χ0v) is 15.8. The lowest BCUT2D eigenvalue weighted by atomic mass is 10.2. The fraction of sp³-hybridized carbons (Fsp3) is 0.333. The van der Waals surface area contributed by atoms with Gasteiger partial charge >= 0.3 is 0 Å². The van der Waals surface area contributed by atoms with Crippen LogP contribution in [-0.2, 0) is 14.8 Å². The molecular weight excluding hydrogens is 370 g/mol. The topological polar surface area (TPSA) is 97.8 Å². The Balaban J connectivity index is 1.89. The van der Waals surface area contributed by atoms with Crippen molar-refractivity contribution in [3.05, 3.63) is 48.8 Å². The van der Waals surface area contributed by atoms with Crippen molar-refractivity contribution in [2.24, 2.45) is 0 Å². The Kier molecular flexibility index (Phi) is 5.62. The first-order valence-corrected chi connectivity index (χ1v) is 9.84. The number of nitrogens with one attached hydrogen (secondary N) is 1. The normalized spacial score (nSPS) is 20.2. The van der Waals surface area contributed by atoms with Crippen LogP contribution in [0.4, 0.5) is 0 Å². The molecule has 0 aliphatic carbocycles. The number of rotatable bonds is 6. The van der Waals surface area contributed by atoms with Gasteiger partial charge in [0.25, 0.3) is 0 Å². The third-order valence-corrected chi connectivity index (χ3v) is 6.22. The number of aromatic nitrogens is 1. The van der Waals surface area contributed by atoms with E-state index in [4.69, 9.17) is 9.47 Å². The second-order valence-corrected chi connectivity index (χ2v) is 7.94. The zero-order chi connectivity index (χ0) is 19.4. The Morgan fingerprint density at radius 3 is 2.70 bits per heavy atom. The number of pyridine rings is 1. The van der Waals surface area contributed by atoms with Crippen LogP contribution in [0.25, 0.3) is 0 Å². The summed E-state index contributed by atoms with van der Waals surface area (Å²) in [6, 6.07) is 8.78. The Hall–Kier alpha value is -2.65. The molecule has 1 fully saturated rings. The third-order valence-electron chi connectivity index (χ3n) is 4.35. The minimum absolute atomic E-state index is 0.0620. The van der Waals surface area contributed by atoms with Crippen LogP contribution in [0.15, 0.2) is 53.7 Å². The summed E-state index contributed by atoms with van der Waals surface area (Å²) in [4.78, 5) is 16.4. The number of nitrogens with zero attached hydrogens (tertiary/aromatic N) is 2. The van der Waals surface area contributed by atoms with E-state index < -0.39 is 22.2 Å². The first kappa shape index (κ1) is 19.1. The van der Waals surface area contributed by atoms with Gasteiger partial charge in [-0.2, -0.15) is 4.31 Å². The fourth-order valence-electron chi connectivity index (χ4n) is 3.03. The Morgan fingerprint density at radius 2 is 2.04 bits per heavy atom. The van der Waals surface area contributed by atoms with Crippen molar-refractivity contribution in [1.29, 1.82) is 0 Å². The number of benzene rings is 1. The average molecular weight is 391 g/mol. The van der Waals surface area contributed by atoms with Crippen LogP contribution >= 0.6 is 0 Å². The lowest BCUT2D eigenvalue weighted by molar-refractivity contribution is -0.123. The maximum absolute atomic E-state index is 13.2. The van der Waals surface area contributed by atoms with Crippen molar-refractivity contribution in [2.75, 3.05) is 20.7 Å². The van der Waals surface area contributed by atoms with Crippen molar-refractivity contribution < 1.29 is 22.7 Å². The quantitative estimate of drug-likeness (QED) is 0.790. The minimum Gasteiger partial charge on any atom is -0.497 e. The molecule has 1 N–H and O–H groups in total. The number of hydrogen-bond acceptors (Lipinski definition) is 6. The van der Waals surface area contributed by atoms with E-state index in [0.29, 0.717) is 11.5 Å². The summed E-state index contributed by atoms with van der Waals surface area (Å²) in [6.07, 6.45) is 2.96. The van der Waals surface area contributed by atoms with Crippen molar-refractivity contribution in [3.63, 3.8) is 0 Å². The Bertz CT molecular complexity index is 904. The third kappa shape index (κ3) is 4.04. The van der Waals surface area contributed by atoms with Gasteiger partial charge in [-0.25, -0.2) is 8.42 Å². The van der Waals surface area contributed by atoms with Crippen LogP contribution in [0.5, 0.6) is 11.5 Å². The van der Waals surface area contributed by atoms with Crippen molar-refractivity contribution in [3.8, 4) is 11.5 Å². The molecule has 2 atom stereocenters. The molecule has 0 spiro atoms. The van der Waals surface area contributed by atoms with Gasteiger partial charge < -0.3 is 14.8 Å². The molecule has 2 heterocycles. The van der Waals surface area contributed by atoms with Crippen LogP contribution in [-0.4, -0.2) is 56.5 Å². The van der Waals surface area contributed by atoms with Gasteiger partial charge in [0, 0.05) is 25.7 Å². The standard InChI is InChI=1S/C18H21N3O5S/c1-19-18(22)17-10-15(26-14-6-4-8-20-11-14)12-21(17)27(23,24)16-7-3-5-13(9-16)25-2/h3-9,11,15,17H,10,12H2,1-2H3,(H,19,22)/t15-,17+/m0/s1. The van der Waals surface area contributed by atoms with Crippen molar-refractivity contribution in [2.45, 2.75) is 23.5 Å². The predicted octanol–water partition coefficient (Wildman–Crippen LogP) is 1.05. The van der Waals surface area contributed by atoms with Gasteiger partial charge in [-0.1, -0.05) is 6.07 Å². The Labute approximate surface area is 158 Å². The van der Waals surface area contributed by atoms with E-state index in [0.717, 1.165) is 0 Å². The molecule has 2 aromatic rings. The monoisotopic (exact) mass is 391 g/mol. The fourth-order valence-corrected chi connectivity index (χ4v) is 4.70. The highest BCUT2D eigenvalue weighted by Crippen LogP contribution is 2.30. The number of ether oxygens (including phenoxy) is 2. The van der Waals surface area contributed by atoms with E-state index in [1.807, 2.05) is 0 Å². The second-order valence-electron chi connectivity index (χ2n) is 6.05. The van der Waals surface area contributed by atoms with E-state index >= 15 is 0 Å². The lowest BCUT2D eigenvalue weighted by Crippen LogP contribution is -2.44. The van der Waals surface area contributed by atoms with Gasteiger partial charge in [0.05, 0.1) is 24.7 Å². The zero-order valence-electron chi connectivity index (χ0n) is 15.0. The van der Waals surface area contributed by atoms with Gasteiger partial charge in [0.1, 0.15) is 23.6 Å². The number of carbonyl (C=O) groups excluding carboxylic acids is 1. The van der Waals surface area contributed by atoms with Crippen molar-refractivity contribution >= 4 is 15.9 Å². The highest BCUT2D eigenvalue weighted by molar-refractivity contribution is 7.89. The SMILES string of the molecule is CNC(=O)[C@H]1C[C@H](Oc2cccnc2)CN1S(=O)(=O)c1cccc(OC)c1. The van der Waals surface area contributed by atoms with Crippen LogP contribution < -0.4 is 14.8 Å². The van der Waals surface area contributed by atoms with Gasteiger partial charge in [-0.05, 0) is 24.3 Å². The summed E-state index contributed by atoms with van der Waals surface area (Å²) >= 11 is 0. The summed E-state index contributed by atoms with van der Waals surface area (Å²) in [5.41, 5.74) is 0. The number of sulfonamides is 1. The van der Waals surface area contributed by atoms with Crippen LogP contribution in [0, 0.1) is 0 Å². The van der Waals surface area contributed by atoms with Gasteiger partial charge in [-0.15, -0.1) is 0 Å². The molecule has 3 rings (SSSR count). The largest absolute Gasteiger partial charge is 0.497 e. The van der Waals surface area contributed by atoms with Crippen LogP contribution in [0.1, 0.15) is 6.42 Å². The number of carbonyl (C=O) groups is 1. The highest BCUT2D eigenvalue weighted by Gasteiger charge is 2.44. The minimum atomic E-state index is -3.90. The van der Waals surface area contributed by atoms with E-state index in [2.05, 4.69) is 10.3 Å². The van der Waals surface area contributed by atoms with E-state index in [1.165, 1.54) is 30.6 Å². The van der Waals surface area contributed by atoms with Gasteiger partial charge in [0.2, 0.25) is 15.9 Å². The van der Waals surface area contributed by atoms with Crippen LogP contribution in [0.3, 0.4) is 0 Å². The molecule has 27 heavy (non-hydrogen) atoms. The first-order chi connectivity index (χ1) is 13.0. The number of hydrogen-bond donors (Lipinski definition) is 1. The van der Waals surface area contributed by atoms with E-state index in [1.54, 1.807) is 36.7 Å². The van der Waals surface area contributed by atoms with Crippen molar-refractivity contribution in [1.82, 2.24) is 14.6 Å². The average Bonchev–Trinajstić information content (AvgIpc) is 3.13. The maximum Gasteiger partial charge on any atom is 0.244 e. The van der Waals surface area contributed by atoms with E-state index in [9.17, 15) is 13.2 Å². The summed E-state index contributed by atoms with van der Waals surface area (Å²) in [6.45, 7) is 0.0620. The summed E-state index contributed by atoms with van der Waals surface area (Å²) in [5, 5.41) is 2.53. The first-order valence-electron chi connectivity index (χ1n) is 8.40. The molecule has 0 radical (unpaired) electrons. The highest BCUT2D eigenvalue weighted by atomic mass is 32.2. The molecule has 0 saturated carbocycles. The number of methoxy groups -OCH3 is 1. The lowest BCUT2D eigenvalue weighted by Gasteiger charge is -2.22. The molecule has 1 aromatic carbocycles. The van der Waals surface area contributed by atoms with Gasteiger partial charge in [-0.3, -0.25) is 9.78 Å². The summed E-state index contributed by atoms with van der Waals surface area (Å²) in [7, 11) is -0.959. The molecule has 144 valence electrons. The predicted molar refractivity (Wildman–Crippen MR) is 98.0 cm³/mol. The molecule has 1 aromatic heterocycles. The number of likely N-dealkylation sites (N-methyl/N-ethyl adjacent to an activating group) is 1. The smallest absolute Gasteiger partial charge is 0.244 e. The van der Waals surface area contributed by atoms with Crippen LogP contribution in [0.2, 0.25) is 0 Å². The molecule has 0 bridgehead atoms. The number of amides is 1. The molecule has 1 aliphatic heterocycles. The molecular formula is C18H21N3O5S. The molecule has 1 amide bonds. The van der Waals surface area contributed by atoms with Gasteiger partial charge in [0.15, 0.2) is 0 Å².